The molecule has 0 saturated heterocycles. The van der Waals surface area contributed by atoms with Crippen LogP contribution in [0.15, 0.2) is 57.4 Å². The molecule has 132 valence electrons. The van der Waals surface area contributed by atoms with Gasteiger partial charge in [-0.25, -0.2) is 10.5 Å². The molecule has 0 saturated carbocycles. The fraction of sp³-hybridized carbons (Fsp3) is 0.190. The number of hydrogen-bond donors (Lipinski definition) is 2. The summed E-state index contributed by atoms with van der Waals surface area (Å²) in [6.07, 6.45) is 0.573. The highest BCUT2D eigenvalue weighted by Crippen LogP contribution is 2.26. The number of furan rings is 1. The van der Waals surface area contributed by atoms with Crippen LogP contribution in [0.4, 0.5) is 0 Å². The molecule has 0 aliphatic heterocycles. The second-order valence-electron chi connectivity index (χ2n) is 6.49. The van der Waals surface area contributed by atoms with Crippen LogP contribution in [0, 0.1) is 13.8 Å². The van der Waals surface area contributed by atoms with Crippen molar-refractivity contribution in [3.05, 3.63) is 76.9 Å². The molecule has 2 N–H and O–H groups in total. The van der Waals surface area contributed by atoms with Crippen LogP contribution in [0.1, 0.15) is 28.3 Å². The van der Waals surface area contributed by atoms with E-state index in [1.54, 1.807) is 0 Å². The van der Waals surface area contributed by atoms with Gasteiger partial charge < -0.3 is 14.0 Å². The zero-order valence-corrected chi connectivity index (χ0v) is 14.7. The first-order valence-corrected chi connectivity index (χ1v) is 8.54. The average Bonchev–Trinajstić information content (AvgIpc) is 3.18. The summed E-state index contributed by atoms with van der Waals surface area (Å²) >= 11 is 0. The summed E-state index contributed by atoms with van der Waals surface area (Å²) in [6.45, 7) is 4.38. The molecule has 2 aromatic carbocycles. The Hall–Kier alpha value is -2.89. The molecule has 0 fully saturated rings. The van der Waals surface area contributed by atoms with Crippen molar-refractivity contribution in [1.29, 1.82) is 0 Å². The van der Waals surface area contributed by atoms with E-state index in [4.69, 9.17) is 14.0 Å². The maximum absolute atomic E-state index is 8.84. The Morgan fingerprint density at radius 3 is 2.73 bits per heavy atom. The highest BCUT2D eigenvalue weighted by Gasteiger charge is 2.14. The summed E-state index contributed by atoms with van der Waals surface area (Å²) in [4.78, 5) is 4.66. The van der Waals surface area contributed by atoms with Gasteiger partial charge in [-0.2, -0.15) is 0 Å². The summed E-state index contributed by atoms with van der Waals surface area (Å²) in [5.74, 6) is 2.27. The minimum Gasteiger partial charge on any atom is -0.461 e. The molecule has 5 nitrogen and oxygen atoms in total. The van der Waals surface area contributed by atoms with E-state index in [2.05, 4.69) is 29.5 Å². The van der Waals surface area contributed by atoms with Crippen molar-refractivity contribution in [3.63, 3.8) is 0 Å². The van der Waals surface area contributed by atoms with Gasteiger partial charge in [0.1, 0.15) is 17.1 Å². The van der Waals surface area contributed by atoms with Crippen molar-refractivity contribution in [1.82, 2.24) is 10.5 Å². The number of benzene rings is 2. The van der Waals surface area contributed by atoms with Crippen LogP contribution in [-0.4, -0.2) is 10.2 Å². The third-order valence-corrected chi connectivity index (χ3v) is 4.41. The molecule has 2 aromatic heterocycles. The SMILES string of the molecule is Cc1cccc(-c2nc(Cc3cc4cc(CNO)ccc4o3)c(C)o2)c1. The molecule has 0 aliphatic carbocycles. The van der Waals surface area contributed by atoms with Crippen molar-refractivity contribution in [3.8, 4) is 11.5 Å². The van der Waals surface area contributed by atoms with Crippen molar-refractivity contribution in [2.75, 3.05) is 0 Å². The van der Waals surface area contributed by atoms with E-state index in [0.717, 1.165) is 39.3 Å². The van der Waals surface area contributed by atoms with Gasteiger partial charge in [0.2, 0.25) is 5.89 Å². The molecule has 26 heavy (non-hydrogen) atoms. The Bertz CT molecular complexity index is 1060. The Labute approximate surface area is 151 Å². The number of oxazole rings is 1. The Morgan fingerprint density at radius 2 is 1.92 bits per heavy atom. The van der Waals surface area contributed by atoms with Gasteiger partial charge in [-0.3, -0.25) is 0 Å². The molecule has 4 aromatic rings. The smallest absolute Gasteiger partial charge is 0.226 e. The van der Waals surface area contributed by atoms with Crippen LogP contribution in [0.3, 0.4) is 0 Å². The molecule has 0 radical (unpaired) electrons. The number of nitrogens with one attached hydrogen (secondary N) is 1. The van der Waals surface area contributed by atoms with Gasteiger partial charge in [0.25, 0.3) is 0 Å². The Morgan fingerprint density at radius 1 is 1.04 bits per heavy atom. The molecule has 4 rings (SSSR count). The van der Waals surface area contributed by atoms with E-state index in [-0.39, 0.29) is 0 Å². The predicted octanol–water partition coefficient (Wildman–Crippen LogP) is 4.77. The average molecular weight is 348 g/mol. The maximum atomic E-state index is 8.84. The zero-order chi connectivity index (χ0) is 18.1. The number of hydroxylamine groups is 1. The first-order chi connectivity index (χ1) is 12.6. The fourth-order valence-corrected chi connectivity index (χ4v) is 3.09. The molecule has 0 aliphatic rings. The summed E-state index contributed by atoms with van der Waals surface area (Å²) in [6, 6.07) is 16.0. The van der Waals surface area contributed by atoms with Crippen LogP contribution in [-0.2, 0) is 13.0 Å². The lowest BCUT2D eigenvalue weighted by Crippen LogP contribution is -2.05. The van der Waals surface area contributed by atoms with Gasteiger partial charge in [0.15, 0.2) is 0 Å². The molecular formula is C21H20N2O3. The third-order valence-electron chi connectivity index (χ3n) is 4.41. The number of nitrogens with zero attached hydrogens (tertiary/aromatic N) is 1. The van der Waals surface area contributed by atoms with Gasteiger partial charge >= 0.3 is 0 Å². The van der Waals surface area contributed by atoms with Gasteiger partial charge in [-0.1, -0.05) is 23.8 Å². The number of fused-ring (bicyclic) bond motifs is 1. The molecule has 5 heteroatoms. The van der Waals surface area contributed by atoms with E-state index >= 15 is 0 Å². The van der Waals surface area contributed by atoms with E-state index in [0.29, 0.717) is 18.9 Å². The monoisotopic (exact) mass is 348 g/mol. The van der Waals surface area contributed by atoms with E-state index in [1.807, 2.05) is 43.3 Å². The van der Waals surface area contributed by atoms with Gasteiger partial charge in [0, 0.05) is 17.5 Å². The summed E-state index contributed by atoms with van der Waals surface area (Å²) in [5, 5.41) is 9.85. The molecule has 2 heterocycles. The highest BCUT2D eigenvalue weighted by atomic mass is 16.5. The minimum atomic E-state index is 0.401. The quantitative estimate of drug-likeness (QED) is 0.508. The standard InChI is InChI=1S/C21H20N2O3/c1-13-4-3-5-16(8-13)21-23-19(14(2)25-21)11-18-10-17-9-15(12-22-24)6-7-20(17)26-18/h3-10,22,24H,11-12H2,1-2H3. The second-order valence-corrected chi connectivity index (χ2v) is 6.49. The van der Waals surface area contributed by atoms with Gasteiger partial charge in [-0.15, -0.1) is 0 Å². The van der Waals surface area contributed by atoms with Crippen molar-refractivity contribution >= 4 is 11.0 Å². The van der Waals surface area contributed by atoms with Gasteiger partial charge in [0.05, 0.1) is 12.1 Å². The zero-order valence-electron chi connectivity index (χ0n) is 14.7. The third kappa shape index (κ3) is 3.27. The van der Waals surface area contributed by atoms with E-state index in [9.17, 15) is 0 Å². The second kappa shape index (κ2) is 6.78. The van der Waals surface area contributed by atoms with Crippen LogP contribution >= 0.6 is 0 Å². The predicted molar refractivity (Wildman–Crippen MR) is 99.1 cm³/mol. The van der Waals surface area contributed by atoms with E-state index < -0.39 is 0 Å². The minimum absolute atomic E-state index is 0.401. The molecule has 0 spiro atoms. The summed E-state index contributed by atoms with van der Waals surface area (Å²) in [5.41, 5.74) is 7.01. The highest BCUT2D eigenvalue weighted by molar-refractivity contribution is 5.78. The van der Waals surface area contributed by atoms with Crippen LogP contribution in [0.5, 0.6) is 0 Å². The normalized spacial score (nSPS) is 11.3. The van der Waals surface area contributed by atoms with Crippen LogP contribution in [0.2, 0.25) is 0 Å². The first kappa shape index (κ1) is 16.6. The lowest BCUT2D eigenvalue weighted by molar-refractivity contribution is 0.161. The molecule has 0 unspecified atom stereocenters. The Balaban J connectivity index is 1.62. The summed E-state index contributed by atoms with van der Waals surface area (Å²) in [7, 11) is 0. The molecular weight excluding hydrogens is 328 g/mol. The molecule has 0 atom stereocenters. The number of aromatic nitrogens is 1. The number of rotatable bonds is 5. The fourth-order valence-electron chi connectivity index (χ4n) is 3.09. The molecule has 0 amide bonds. The Kier molecular flexibility index (Phi) is 4.32. The van der Waals surface area contributed by atoms with Crippen LogP contribution in [0.25, 0.3) is 22.4 Å². The number of hydrogen-bond acceptors (Lipinski definition) is 5. The topological polar surface area (TPSA) is 71.4 Å². The summed E-state index contributed by atoms with van der Waals surface area (Å²) < 4.78 is 11.8. The lowest BCUT2D eigenvalue weighted by Gasteiger charge is -1.97. The van der Waals surface area contributed by atoms with Crippen molar-refractivity contribution < 1.29 is 14.0 Å². The largest absolute Gasteiger partial charge is 0.461 e. The van der Waals surface area contributed by atoms with Gasteiger partial charge in [-0.05, 0) is 49.7 Å². The van der Waals surface area contributed by atoms with Crippen LogP contribution < -0.4 is 5.48 Å². The lowest BCUT2D eigenvalue weighted by atomic mass is 10.1. The number of aryl methyl sites for hydroxylation is 2. The van der Waals surface area contributed by atoms with Crippen molar-refractivity contribution in [2.45, 2.75) is 26.8 Å². The van der Waals surface area contributed by atoms with Crippen molar-refractivity contribution in [2.24, 2.45) is 0 Å². The maximum Gasteiger partial charge on any atom is 0.226 e. The van der Waals surface area contributed by atoms with E-state index in [1.165, 1.54) is 5.56 Å². The molecule has 0 bridgehead atoms. The first-order valence-electron chi connectivity index (χ1n) is 8.54.